The van der Waals surface area contributed by atoms with Gasteiger partial charge in [0.1, 0.15) is 0 Å². The first-order chi connectivity index (χ1) is 18.5. The molecule has 3 aromatic rings. The molecule has 2 N–H and O–H groups in total. The van der Waals surface area contributed by atoms with E-state index >= 15 is 0 Å². The lowest BCUT2D eigenvalue weighted by Gasteiger charge is -2.36. The summed E-state index contributed by atoms with van der Waals surface area (Å²) in [7, 11) is 3.42. The first-order valence-electron chi connectivity index (χ1n) is 13.9. The summed E-state index contributed by atoms with van der Waals surface area (Å²) in [6.07, 6.45) is 8.77. The Morgan fingerprint density at radius 1 is 1.13 bits per heavy atom. The third kappa shape index (κ3) is 7.17. The Balaban J connectivity index is 1.16. The largest absolute Gasteiger partial charge is 0.493 e. The third-order valence-corrected chi connectivity index (χ3v) is 8.37. The maximum atomic E-state index is 12.3. The maximum absolute atomic E-state index is 12.3. The molecule has 1 atom stereocenters. The maximum Gasteiger partial charge on any atom is 0.305 e. The van der Waals surface area contributed by atoms with Crippen LogP contribution < -0.4 is 19.7 Å². The molecule has 0 saturated carbocycles. The highest BCUT2D eigenvalue weighted by Crippen LogP contribution is 2.38. The fourth-order valence-corrected chi connectivity index (χ4v) is 6.40. The van der Waals surface area contributed by atoms with Crippen LogP contribution in [0.2, 0.25) is 0 Å². The summed E-state index contributed by atoms with van der Waals surface area (Å²) >= 11 is 1.22. The fraction of sp³-hybridized carbons (Fsp3) is 0.533. The quantitative estimate of drug-likeness (QED) is 0.279. The van der Waals surface area contributed by atoms with Gasteiger partial charge in [-0.1, -0.05) is 36.8 Å². The number of hydrogen-bond donors (Lipinski definition) is 2. The Morgan fingerprint density at radius 3 is 2.79 bits per heavy atom. The van der Waals surface area contributed by atoms with Crippen molar-refractivity contribution >= 4 is 27.5 Å². The van der Waals surface area contributed by atoms with Crippen molar-refractivity contribution in [3.8, 4) is 11.5 Å². The van der Waals surface area contributed by atoms with Gasteiger partial charge in [-0.15, -0.1) is 0 Å². The van der Waals surface area contributed by atoms with Crippen LogP contribution >= 0.6 is 11.3 Å². The van der Waals surface area contributed by atoms with Gasteiger partial charge in [-0.25, -0.2) is 0 Å². The number of nitrogens with zero attached hydrogens (tertiary/aromatic N) is 1. The zero-order valence-electron chi connectivity index (χ0n) is 22.9. The monoisotopic (exact) mass is 539 g/mol. The van der Waals surface area contributed by atoms with Crippen molar-refractivity contribution in [2.24, 2.45) is 0 Å². The third-order valence-electron chi connectivity index (χ3n) is 7.53. The lowest BCUT2D eigenvalue weighted by molar-refractivity contribution is -0.121. The van der Waals surface area contributed by atoms with E-state index in [0.29, 0.717) is 19.0 Å². The molecule has 0 fully saturated rings. The molecule has 1 heterocycles. The fourth-order valence-electron chi connectivity index (χ4n) is 5.60. The number of fused-ring (bicyclic) bond motifs is 2. The predicted octanol–water partition coefficient (Wildman–Crippen LogP) is 5.10. The molecule has 1 aliphatic rings. The van der Waals surface area contributed by atoms with Crippen LogP contribution in [0.5, 0.6) is 11.5 Å². The molecule has 38 heavy (non-hydrogen) atoms. The molecule has 8 heteroatoms. The number of amides is 1. The molecular weight excluding hydrogens is 498 g/mol. The number of aromatic amines is 1. The molecule has 1 amide bonds. The minimum atomic E-state index is -0.0333. The van der Waals surface area contributed by atoms with Gasteiger partial charge in [0.15, 0.2) is 11.5 Å². The van der Waals surface area contributed by atoms with Crippen LogP contribution in [-0.4, -0.2) is 55.7 Å². The zero-order valence-corrected chi connectivity index (χ0v) is 23.8. The van der Waals surface area contributed by atoms with Gasteiger partial charge >= 0.3 is 4.87 Å². The number of aromatic nitrogens is 1. The first-order valence-corrected chi connectivity index (χ1v) is 14.7. The van der Waals surface area contributed by atoms with Crippen molar-refractivity contribution < 1.29 is 14.3 Å². The Hall–Kier alpha value is -2.84. The molecule has 7 nitrogen and oxygen atoms in total. The van der Waals surface area contributed by atoms with Gasteiger partial charge in [0.05, 0.1) is 24.4 Å². The molecule has 0 unspecified atom stereocenters. The molecule has 0 bridgehead atoms. The molecule has 0 saturated heterocycles. The average Bonchev–Trinajstić information content (AvgIpc) is 3.30. The number of unbranched alkanes of at least 4 members (excludes halogenated alkanes) is 2. The lowest BCUT2D eigenvalue weighted by atomic mass is 9.86. The Bertz CT molecular complexity index is 1270. The van der Waals surface area contributed by atoms with Crippen molar-refractivity contribution in [1.29, 1.82) is 0 Å². The van der Waals surface area contributed by atoms with E-state index in [1.807, 2.05) is 24.3 Å². The van der Waals surface area contributed by atoms with Crippen molar-refractivity contribution in [2.45, 2.75) is 70.8 Å². The van der Waals surface area contributed by atoms with Gasteiger partial charge < -0.3 is 24.7 Å². The second kappa shape index (κ2) is 13.8. The molecule has 0 spiro atoms. The van der Waals surface area contributed by atoms with Crippen LogP contribution in [0.4, 0.5) is 0 Å². The van der Waals surface area contributed by atoms with Gasteiger partial charge in [0, 0.05) is 24.6 Å². The number of hydrogen-bond acceptors (Lipinski definition) is 6. The van der Waals surface area contributed by atoms with Crippen LogP contribution in [0.15, 0.2) is 35.1 Å². The summed E-state index contributed by atoms with van der Waals surface area (Å²) in [5.41, 5.74) is 4.68. The van der Waals surface area contributed by atoms with Crippen molar-refractivity contribution in [3.63, 3.8) is 0 Å². The highest BCUT2D eigenvalue weighted by Gasteiger charge is 2.27. The van der Waals surface area contributed by atoms with Gasteiger partial charge in [0.25, 0.3) is 0 Å². The van der Waals surface area contributed by atoms with E-state index in [9.17, 15) is 9.59 Å². The molecule has 4 rings (SSSR count). The standard InChI is InChI=1S/C30H41N3O4S/c1-4-17-33(23-11-12-24-22(20-23)10-14-26(36-2)29(24)37-3)18-7-5-6-8-28(34)31-16-15-21-9-13-25-27(19-21)38-30(35)32-25/h9-10,13-14,19,23H,4-8,11-12,15-18,20H2,1-3H3,(H,31,34)(H,32,35)/t23-/m0/s1. The minimum Gasteiger partial charge on any atom is -0.493 e. The van der Waals surface area contributed by atoms with E-state index in [4.69, 9.17) is 9.47 Å². The summed E-state index contributed by atoms with van der Waals surface area (Å²) in [5, 5.41) is 3.05. The summed E-state index contributed by atoms with van der Waals surface area (Å²) in [6.45, 7) is 5.06. The number of rotatable bonds is 14. The van der Waals surface area contributed by atoms with Crippen molar-refractivity contribution in [1.82, 2.24) is 15.2 Å². The lowest BCUT2D eigenvalue weighted by Crippen LogP contribution is -2.40. The molecule has 2 aromatic carbocycles. The van der Waals surface area contributed by atoms with E-state index in [1.165, 1.54) is 22.5 Å². The van der Waals surface area contributed by atoms with Crippen molar-refractivity contribution in [2.75, 3.05) is 33.9 Å². The number of H-pyrrole nitrogens is 1. The first kappa shape index (κ1) is 28.2. The Morgan fingerprint density at radius 2 is 2.00 bits per heavy atom. The predicted molar refractivity (Wildman–Crippen MR) is 155 cm³/mol. The van der Waals surface area contributed by atoms with Gasteiger partial charge in [-0.05, 0) is 87.4 Å². The molecule has 1 aromatic heterocycles. The molecule has 0 radical (unpaired) electrons. The van der Waals surface area contributed by atoms with E-state index in [1.54, 1.807) is 14.2 Å². The van der Waals surface area contributed by atoms with Crippen molar-refractivity contribution in [3.05, 3.63) is 56.7 Å². The van der Waals surface area contributed by atoms with Crippen LogP contribution in [0.1, 0.15) is 62.1 Å². The average molecular weight is 540 g/mol. The van der Waals surface area contributed by atoms with Gasteiger partial charge in [-0.3, -0.25) is 9.59 Å². The number of nitrogens with one attached hydrogen (secondary N) is 2. The van der Waals surface area contributed by atoms with Crippen LogP contribution in [0, 0.1) is 0 Å². The van der Waals surface area contributed by atoms with Gasteiger partial charge in [0.2, 0.25) is 5.91 Å². The van der Waals surface area contributed by atoms with E-state index in [0.717, 1.165) is 91.7 Å². The highest BCUT2D eigenvalue weighted by atomic mass is 32.1. The number of thiazole rings is 1. The number of methoxy groups -OCH3 is 2. The summed E-state index contributed by atoms with van der Waals surface area (Å²) in [5.74, 6) is 1.83. The molecular formula is C30H41N3O4S. The molecule has 206 valence electrons. The highest BCUT2D eigenvalue weighted by molar-refractivity contribution is 7.16. The number of ether oxygens (including phenoxy) is 2. The second-order valence-corrected chi connectivity index (χ2v) is 11.1. The smallest absolute Gasteiger partial charge is 0.305 e. The summed E-state index contributed by atoms with van der Waals surface area (Å²) in [6, 6.07) is 10.8. The van der Waals surface area contributed by atoms with E-state index < -0.39 is 0 Å². The van der Waals surface area contributed by atoms with E-state index in [-0.39, 0.29) is 10.8 Å². The SMILES string of the molecule is CCCN(CCCCCC(=O)NCCc1ccc2[nH]c(=O)sc2c1)[C@H]1CCc2c(ccc(OC)c2OC)C1. The summed E-state index contributed by atoms with van der Waals surface area (Å²) in [4.78, 5) is 29.2. The zero-order chi connectivity index (χ0) is 26.9. The Kier molecular flexibility index (Phi) is 10.2. The van der Waals surface area contributed by atoms with Crippen LogP contribution in [0.3, 0.4) is 0 Å². The number of carbonyl (C=O) groups is 1. The Labute approximate surface area is 229 Å². The summed E-state index contributed by atoms with van der Waals surface area (Å²) < 4.78 is 12.1. The van der Waals surface area contributed by atoms with E-state index in [2.05, 4.69) is 28.2 Å². The second-order valence-electron chi connectivity index (χ2n) is 10.1. The number of benzene rings is 2. The minimum absolute atomic E-state index is 0.0333. The van der Waals surface area contributed by atoms with Crippen LogP contribution in [0.25, 0.3) is 10.2 Å². The molecule has 0 aliphatic heterocycles. The molecule has 1 aliphatic carbocycles. The van der Waals surface area contributed by atoms with Crippen LogP contribution in [-0.2, 0) is 24.1 Å². The number of carbonyl (C=O) groups excluding carboxylic acids is 1. The normalized spacial score (nSPS) is 15.0. The topological polar surface area (TPSA) is 83.7 Å². The van der Waals surface area contributed by atoms with Gasteiger partial charge in [-0.2, -0.15) is 0 Å².